The lowest BCUT2D eigenvalue weighted by Gasteiger charge is -2.48. The van der Waals surface area contributed by atoms with Gasteiger partial charge in [0, 0.05) is 24.7 Å². The Bertz CT molecular complexity index is 1080. The summed E-state index contributed by atoms with van der Waals surface area (Å²) in [6, 6.07) is 25.6. The molecule has 5 rings (SSSR count). The first kappa shape index (κ1) is 18.5. The average molecular weight is 396 g/mol. The molecule has 30 heavy (non-hydrogen) atoms. The van der Waals surface area contributed by atoms with E-state index in [1.807, 2.05) is 60.7 Å². The molecule has 0 aromatic heterocycles. The molecule has 2 aliphatic rings. The molecule has 2 unspecified atom stereocenters. The molecule has 1 aliphatic carbocycles. The van der Waals surface area contributed by atoms with Crippen molar-refractivity contribution in [3.05, 3.63) is 102 Å². The Morgan fingerprint density at radius 3 is 1.73 bits per heavy atom. The van der Waals surface area contributed by atoms with Gasteiger partial charge in [0.05, 0.1) is 5.56 Å². The molecule has 2 atom stereocenters. The molecule has 148 valence electrons. The Kier molecular flexibility index (Phi) is 4.35. The third kappa shape index (κ3) is 2.64. The molecule has 0 amide bonds. The minimum absolute atomic E-state index is 0.0442. The third-order valence-electron chi connectivity index (χ3n) is 6.41. The van der Waals surface area contributed by atoms with Crippen molar-refractivity contribution in [2.45, 2.75) is 24.7 Å². The fraction of sp³-hybridized carbons (Fsp3) is 0.192. The van der Waals surface area contributed by atoms with Crippen LogP contribution in [0.5, 0.6) is 5.75 Å². The van der Waals surface area contributed by atoms with Crippen LogP contribution < -0.4 is 4.74 Å². The highest BCUT2D eigenvalue weighted by Crippen LogP contribution is 2.58. The summed E-state index contributed by atoms with van der Waals surface area (Å²) in [4.78, 5) is 40.6. The Labute approximate surface area is 174 Å². The number of carbonyl (C=O) groups excluding carboxylic acids is 3. The van der Waals surface area contributed by atoms with Crippen LogP contribution in [0, 0.1) is 5.41 Å². The smallest absolute Gasteiger partial charge is 0.326 e. The van der Waals surface area contributed by atoms with E-state index in [-0.39, 0.29) is 30.2 Å². The van der Waals surface area contributed by atoms with Gasteiger partial charge in [0.25, 0.3) is 0 Å². The zero-order valence-corrected chi connectivity index (χ0v) is 16.3. The molecule has 4 heteroatoms. The Morgan fingerprint density at radius 2 is 1.17 bits per heavy atom. The maximum atomic E-state index is 14.1. The van der Waals surface area contributed by atoms with E-state index in [2.05, 4.69) is 0 Å². The first-order valence-electron chi connectivity index (χ1n) is 10.1. The van der Waals surface area contributed by atoms with Crippen LogP contribution in [0.15, 0.2) is 84.9 Å². The predicted octanol–water partition coefficient (Wildman–Crippen LogP) is 4.71. The van der Waals surface area contributed by atoms with Crippen LogP contribution in [0.1, 0.15) is 46.2 Å². The third-order valence-corrected chi connectivity index (χ3v) is 6.41. The van der Waals surface area contributed by atoms with Crippen molar-refractivity contribution in [2.75, 3.05) is 0 Å². The lowest BCUT2D eigenvalue weighted by Crippen LogP contribution is -2.56. The Balaban J connectivity index is 1.79. The number of carbonyl (C=O) groups is 3. The number of benzene rings is 3. The van der Waals surface area contributed by atoms with Crippen molar-refractivity contribution in [2.24, 2.45) is 5.41 Å². The molecule has 0 radical (unpaired) electrons. The number of ketones is 2. The number of hydrogen-bond donors (Lipinski definition) is 0. The van der Waals surface area contributed by atoms with E-state index in [1.54, 1.807) is 24.3 Å². The molecule has 3 aromatic rings. The fourth-order valence-electron chi connectivity index (χ4n) is 5.08. The number of ether oxygens (including phenoxy) is 1. The highest BCUT2D eigenvalue weighted by atomic mass is 16.5. The van der Waals surface area contributed by atoms with Gasteiger partial charge in [-0.15, -0.1) is 0 Å². The number of esters is 1. The monoisotopic (exact) mass is 396 g/mol. The van der Waals surface area contributed by atoms with E-state index in [0.29, 0.717) is 5.56 Å². The van der Waals surface area contributed by atoms with Gasteiger partial charge in [0.15, 0.2) is 5.78 Å². The Morgan fingerprint density at radius 1 is 0.667 bits per heavy atom. The first-order valence-corrected chi connectivity index (χ1v) is 10.1. The molecule has 1 spiro atoms. The van der Waals surface area contributed by atoms with Crippen LogP contribution in [0.25, 0.3) is 0 Å². The molecule has 0 saturated heterocycles. The largest absolute Gasteiger partial charge is 0.425 e. The second kappa shape index (κ2) is 7.06. The average Bonchev–Trinajstić information content (AvgIpc) is 2.79. The summed E-state index contributed by atoms with van der Waals surface area (Å²) in [6.07, 6.45) is 0.271. The summed E-state index contributed by atoms with van der Waals surface area (Å²) in [5.74, 6) is -1.67. The molecule has 1 fully saturated rings. The van der Waals surface area contributed by atoms with Gasteiger partial charge in [-0.2, -0.15) is 0 Å². The van der Waals surface area contributed by atoms with Gasteiger partial charge in [-0.3, -0.25) is 14.4 Å². The summed E-state index contributed by atoms with van der Waals surface area (Å²) in [6.45, 7) is 0. The minimum Gasteiger partial charge on any atom is -0.425 e. The van der Waals surface area contributed by atoms with E-state index in [1.165, 1.54) is 0 Å². The summed E-state index contributed by atoms with van der Waals surface area (Å²) >= 11 is 0. The number of hydrogen-bond acceptors (Lipinski definition) is 4. The van der Waals surface area contributed by atoms with Gasteiger partial charge in [-0.25, -0.2) is 0 Å². The highest BCUT2D eigenvalue weighted by molar-refractivity contribution is 6.19. The minimum atomic E-state index is -1.48. The molecule has 1 saturated carbocycles. The van der Waals surface area contributed by atoms with Crippen molar-refractivity contribution in [1.29, 1.82) is 0 Å². The molecule has 4 nitrogen and oxygen atoms in total. The van der Waals surface area contributed by atoms with Crippen molar-refractivity contribution < 1.29 is 19.1 Å². The van der Waals surface area contributed by atoms with Crippen LogP contribution in [0.2, 0.25) is 0 Å². The second-order valence-corrected chi connectivity index (χ2v) is 7.96. The van der Waals surface area contributed by atoms with E-state index >= 15 is 0 Å². The normalized spacial score (nSPS) is 25.7. The molecular formula is C26H20O4. The molecular weight excluding hydrogens is 376 g/mol. The zero-order chi connectivity index (χ0) is 20.7. The maximum Gasteiger partial charge on any atom is 0.326 e. The summed E-state index contributed by atoms with van der Waals surface area (Å²) < 4.78 is 5.76. The topological polar surface area (TPSA) is 60.4 Å². The van der Waals surface area contributed by atoms with Gasteiger partial charge in [-0.1, -0.05) is 72.8 Å². The molecule has 0 bridgehead atoms. The number of fused-ring (bicyclic) bond motifs is 1. The standard InChI is InChI=1S/C26H20O4/c27-19-15-21(17-9-3-1-4-10-17)26(22(16-19)18-11-5-2-6-12-18)24(28)20-13-7-8-14-23(20)30-25(26)29/h1-14,21-22H,15-16H2. The van der Waals surface area contributed by atoms with Crippen molar-refractivity contribution in [3.63, 3.8) is 0 Å². The van der Waals surface area contributed by atoms with Crippen molar-refractivity contribution in [1.82, 2.24) is 0 Å². The second-order valence-electron chi connectivity index (χ2n) is 7.96. The van der Waals surface area contributed by atoms with Crippen molar-refractivity contribution in [3.8, 4) is 5.75 Å². The lowest BCUT2D eigenvalue weighted by molar-refractivity contribution is -0.149. The van der Waals surface area contributed by atoms with Crippen LogP contribution in [-0.2, 0) is 9.59 Å². The summed E-state index contributed by atoms with van der Waals surface area (Å²) in [5, 5.41) is 0. The number of rotatable bonds is 2. The molecule has 1 heterocycles. The van der Waals surface area contributed by atoms with Gasteiger partial charge < -0.3 is 4.74 Å². The quantitative estimate of drug-likeness (QED) is 0.358. The lowest BCUT2D eigenvalue weighted by atomic mass is 9.53. The predicted molar refractivity (Wildman–Crippen MR) is 111 cm³/mol. The van der Waals surface area contributed by atoms with Crippen LogP contribution >= 0.6 is 0 Å². The van der Waals surface area contributed by atoms with Gasteiger partial charge in [0.1, 0.15) is 16.9 Å². The van der Waals surface area contributed by atoms with Gasteiger partial charge in [-0.05, 0) is 23.3 Å². The summed E-state index contributed by atoms with van der Waals surface area (Å²) in [7, 11) is 0. The van der Waals surface area contributed by atoms with Crippen molar-refractivity contribution >= 4 is 17.5 Å². The Hall–Kier alpha value is -3.53. The highest BCUT2D eigenvalue weighted by Gasteiger charge is 2.64. The first-order chi connectivity index (χ1) is 14.6. The summed E-state index contributed by atoms with van der Waals surface area (Å²) in [5.41, 5.74) is 0.519. The molecule has 0 N–H and O–H groups in total. The SMILES string of the molecule is O=C1CC(c2ccccc2)C2(C(=O)Oc3ccccc3C2=O)C(c2ccccc2)C1. The van der Waals surface area contributed by atoms with E-state index in [4.69, 9.17) is 4.74 Å². The van der Waals surface area contributed by atoms with E-state index < -0.39 is 23.2 Å². The molecule has 3 aromatic carbocycles. The van der Waals surface area contributed by atoms with Crippen LogP contribution in [0.3, 0.4) is 0 Å². The maximum absolute atomic E-state index is 14.1. The van der Waals surface area contributed by atoms with Gasteiger partial charge in [0.2, 0.25) is 0 Å². The number of para-hydroxylation sites is 1. The van der Waals surface area contributed by atoms with Crippen LogP contribution in [0.4, 0.5) is 0 Å². The fourth-order valence-corrected chi connectivity index (χ4v) is 5.08. The number of Topliss-reactive ketones (excluding diaryl/α,β-unsaturated/α-hetero) is 2. The van der Waals surface area contributed by atoms with Gasteiger partial charge >= 0.3 is 5.97 Å². The van der Waals surface area contributed by atoms with E-state index in [0.717, 1.165) is 11.1 Å². The molecule has 1 aliphatic heterocycles. The van der Waals surface area contributed by atoms with Crippen LogP contribution in [-0.4, -0.2) is 17.5 Å². The zero-order valence-electron chi connectivity index (χ0n) is 16.3. The van der Waals surface area contributed by atoms with E-state index in [9.17, 15) is 14.4 Å².